The third kappa shape index (κ3) is 5.91. The van der Waals surface area contributed by atoms with Gasteiger partial charge < -0.3 is 9.84 Å². The molecule has 1 aliphatic rings. The van der Waals surface area contributed by atoms with Crippen LogP contribution in [0.2, 0.25) is 0 Å². The second-order valence-corrected chi connectivity index (χ2v) is 7.01. The number of hydrogen-bond acceptors (Lipinski definition) is 2. The topological polar surface area (TPSA) is 46.5 Å². The number of allylic oxidation sites excluding steroid dienone is 1. The molecule has 1 saturated carbocycles. The van der Waals surface area contributed by atoms with E-state index in [4.69, 9.17) is 4.74 Å². The van der Waals surface area contributed by atoms with Crippen LogP contribution in [0, 0.1) is 5.92 Å². The van der Waals surface area contributed by atoms with Gasteiger partial charge in [-0.25, -0.2) is 4.79 Å². The van der Waals surface area contributed by atoms with E-state index in [-0.39, 0.29) is 5.92 Å². The van der Waals surface area contributed by atoms with Gasteiger partial charge in [0.1, 0.15) is 5.75 Å². The van der Waals surface area contributed by atoms with Gasteiger partial charge in [-0.2, -0.15) is 0 Å². The number of benzene rings is 1. The van der Waals surface area contributed by atoms with Crippen molar-refractivity contribution in [1.29, 1.82) is 0 Å². The summed E-state index contributed by atoms with van der Waals surface area (Å²) in [4.78, 5) is 11.6. The molecule has 1 aliphatic carbocycles. The first kappa shape index (κ1) is 19.6. The van der Waals surface area contributed by atoms with Crippen molar-refractivity contribution in [3.05, 3.63) is 41.5 Å². The molecule has 25 heavy (non-hydrogen) atoms. The highest BCUT2D eigenvalue weighted by Crippen LogP contribution is 2.39. The molecule has 0 aromatic heterocycles. The van der Waals surface area contributed by atoms with Gasteiger partial charge in [0, 0.05) is 5.57 Å². The molecule has 2 rings (SSSR count). The Hall–Kier alpha value is -1.77. The van der Waals surface area contributed by atoms with Crippen molar-refractivity contribution >= 4 is 5.97 Å². The van der Waals surface area contributed by atoms with Crippen molar-refractivity contribution < 1.29 is 14.6 Å². The molecule has 0 bridgehead atoms. The number of carboxylic acids is 1. The van der Waals surface area contributed by atoms with Crippen LogP contribution >= 0.6 is 0 Å². The Morgan fingerprint density at radius 1 is 1.12 bits per heavy atom. The molecular formula is C22H32O3. The van der Waals surface area contributed by atoms with E-state index in [1.807, 2.05) is 25.1 Å². The predicted molar refractivity (Wildman–Crippen MR) is 102 cm³/mol. The van der Waals surface area contributed by atoms with E-state index in [0.29, 0.717) is 18.1 Å². The Kier molecular flexibility index (Phi) is 8.03. The Labute approximate surface area is 152 Å². The Morgan fingerprint density at radius 2 is 1.80 bits per heavy atom. The third-order valence-corrected chi connectivity index (χ3v) is 5.25. The lowest BCUT2D eigenvalue weighted by atomic mass is 9.75. The zero-order valence-electron chi connectivity index (χ0n) is 15.7. The molecule has 0 atom stereocenters. The summed E-state index contributed by atoms with van der Waals surface area (Å²) in [6.45, 7) is 4.85. The number of unbranched alkanes of at least 4 members (excludes halogenated alkanes) is 3. The minimum absolute atomic E-state index is 0.220. The van der Waals surface area contributed by atoms with Crippen molar-refractivity contribution in [2.45, 2.75) is 71.1 Å². The summed E-state index contributed by atoms with van der Waals surface area (Å²) in [5.41, 5.74) is 2.01. The zero-order valence-corrected chi connectivity index (χ0v) is 15.7. The van der Waals surface area contributed by atoms with Gasteiger partial charge >= 0.3 is 5.97 Å². The van der Waals surface area contributed by atoms with Gasteiger partial charge in [-0.05, 0) is 75.0 Å². The number of aliphatic carboxylic acids is 1. The Balaban J connectivity index is 1.91. The summed E-state index contributed by atoms with van der Waals surface area (Å²) in [5.74, 6) is 0.962. The fourth-order valence-corrected chi connectivity index (χ4v) is 3.82. The molecule has 0 spiro atoms. The van der Waals surface area contributed by atoms with Crippen molar-refractivity contribution in [1.82, 2.24) is 0 Å². The highest BCUT2D eigenvalue weighted by atomic mass is 16.5. The van der Waals surface area contributed by atoms with Crippen LogP contribution in [0.1, 0.15) is 76.7 Å². The highest BCUT2D eigenvalue weighted by molar-refractivity contribution is 5.87. The maximum absolute atomic E-state index is 11.6. The number of hydrogen-bond donors (Lipinski definition) is 1. The standard InChI is InChI=1S/C22H32O3/c1-3-5-6-7-8-21(22(23)24)19-11-9-17(10-12-19)18-13-15-20(16-14-18)25-4-2/h8,13-17,19H,3-7,9-12H2,1-2H3,(H,23,24)/t17-,19-. The molecule has 0 heterocycles. The van der Waals surface area contributed by atoms with Crippen molar-refractivity contribution in [2.75, 3.05) is 6.61 Å². The summed E-state index contributed by atoms with van der Waals surface area (Å²) < 4.78 is 5.51. The Morgan fingerprint density at radius 3 is 2.36 bits per heavy atom. The normalized spacial score (nSPS) is 21.1. The van der Waals surface area contributed by atoms with Gasteiger partial charge in [0.25, 0.3) is 0 Å². The summed E-state index contributed by atoms with van der Waals surface area (Å²) in [7, 11) is 0. The van der Waals surface area contributed by atoms with Crippen LogP contribution in [-0.4, -0.2) is 17.7 Å². The summed E-state index contributed by atoms with van der Waals surface area (Å²) in [6, 6.07) is 8.41. The minimum Gasteiger partial charge on any atom is -0.494 e. The predicted octanol–water partition coefficient (Wildman–Crippen LogP) is 5.95. The molecule has 0 radical (unpaired) electrons. The minimum atomic E-state index is -0.721. The molecule has 0 aliphatic heterocycles. The average molecular weight is 344 g/mol. The molecule has 1 fully saturated rings. The lowest BCUT2D eigenvalue weighted by Crippen LogP contribution is -2.19. The van der Waals surface area contributed by atoms with E-state index in [2.05, 4.69) is 19.1 Å². The molecule has 1 N–H and O–H groups in total. The van der Waals surface area contributed by atoms with Crippen LogP contribution in [0.3, 0.4) is 0 Å². The molecule has 138 valence electrons. The monoisotopic (exact) mass is 344 g/mol. The van der Waals surface area contributed by atoms with Gasteiger partial charge in [0.2, 0.25) is 0 Å². The summed E-state index contributed by atoms with van der Waals surface area (Å²) in [5, 5.41) is 9.56. The van der Waals surface area contributed by atoms with Crippen LogP contribution in [-0.2, 0) is 4.79 Å². The first-order valence-corrected chi connectivity index (χ1v) is 9.81. The SMILES string of the molecule is CCCCCC=C(C(=O)O)[C@H]1CC[C@H](c2ccc(OCC)cc2)CC1. The van der Waals surface area contributed by atoms with E-state index in [1.165, 1.54) is 18.4 Å². The quantitative estimate of drug-likeness (QED) is 0.445. The lowest BCUT2D eigenvalue weighted by molar-refractivity contribution is -0.133. The van der Waals surface area contributed by atoms with E-state index in [1.54, 1.807) is 0 Å². The lowest BCUT2D eigenvalue weighted by Gasteiger charge is -2.29. The number of rotatable bonds is 9. The van der Waals surface area contributed by atoms with Crippen LogP contribution in [0.25, 0.3) is 0 Å². The largest absolute Gasteiger partial charge is 0.494 e. The first-order chi connectivity index (χ1) is 12.2. The molecule has 3 heteroatoms. The van der Waals surface area contributed by atoms with E-state index >= 15 is 0 Å². The molecule has 1 aromatic carbocycles. The molecule has 1 aromatic rings. The first-order valence-electron chi connectivity index (χ1n) is 9.81. The van der Waals surface area contributed by atoms with Crippen LogP contribution in [0.4, 0.5) is 0 Å². The van der Waals surface area contributed by atoms with Crippen molar-refractivity contribution in [3.8, 4) is 5.75 Å². The Bertz CT molecular complexity index is 551. The maximum atomic E-state index is 11.6. The average Bonchev–Trinajstić information content (AvgIpc) is 2.63. The van der Waals surface area contributed by atoms with Crippen molar-refractivity contribution in [2.24, 2.45) is 5.92 Å². The second kappa shape index (κ2) is 10.3. The zero-order chi connectivity index (χ0) is 18.1. The van der Waals surface area contributed by atoms with Crippen LogP contribution < -0.4 is 4.74 Å². The van der Waals surface area contributed by atoms with Gasteiger partial charge in [-0.1, -0.05) is 38.0 Å². The number of carboxylic acid groups (broad SMARTS) is 1. The molecule has 0 amide bonds. The smallest absolute Gasteiger partial charge is 0.331 e. The maximum Gasteiger partial charge on any atom is 0.331 e. The molecule has 3 nitrogen and oxygen atoms in total. The fraction of sp³-hybridized carbons (Fsp3) is 0.591. The van der Waals surface area contributed by atoms with E-state index in [9.17, 15) is 9.90 Å². The van der Waals surface area contributed by atoms with Gasteiger partial charge in [0.05, 0.1) is 6.61 Å². The highest BCUT2D eigenvalue weighted by Gasteiger charge is 2.27. The molecule has 0 saturated heterocycles. The van der Waals surface area contributed by atoms with Gasteiger partial charge in [-0.15, -0.1) is 0 Å². The van der Waals surface area contributed by atoms with Gasteiger partial charge in [-0.3, -0.25) is 0 Å². The van der Waals surface area contributed by atoms with Crippen LogP contribution in [0.5, 0.6) is 5.75 Å². The van der Waals surface area contributed by atoms with Gasteiger partial charge in [0.15, 0.2) is 0 Å². The molecule has 0 unspecified atom stereocenters. The third-order valence-electron chi connectivity index (χ3n) is 5.25. The second-order valence-electron chi connectivity index (χ2n) is 7.01. The van der Waals surface area contributed by atoms with Crippen molar-refractivity contribution in [3.63, 3.8) is 0 Å². The fourth-order valence-electron chi connectivity index (χ4n) is 3.82. The van der Waals surface area contributed by atoms with Crippen LogP contribution in [0.15, 0.2) is 35.9 Å². The summed E-state index contributed by atoms with van der Waals surface area (Å²) >= 11 is 0. The number of ether oxygens (including phenoxy) is 1. The van der Waals surface area contributed by atoms with E-state index in [0.717, 1.165) is 44.3 Å². The summed E-state index contributed by atoms with van der Waals surface area (Å²) in [6.07, 6.45) is 10.4. The number of carbonyl (C=O) groups is 1. The molecular weight excluding hydrogens is 312 g/mol. The van der Waals surface area contributed by atoms with E-state index < -0.39 is 5.97 Å².